The third-order valence-corrected chi connectivity index (χ3v) is 4.23. The Morgan fingerprint density at radius 3 is 2.67 bits per heavy atom. The van der Waals surface area contributed by atoms with Gasteiger partial charge in [0.25, 0.3) is 5.91 Å². The molecule has 1 saturated carbocycles. The number of hydrogen-bond donors (Lipinski definition) is 3. The largest absolute Gasteiger partial charge is 0.507 e. The fourth-order valence-electron chi connectivity index (χ4n) is 2.65. The average Bonchev–Trinajstić information content (AvgIpc) is 2.48. The molecule has 0 radical (unpaired) electrons. The first-order valence-electron chi connectivity index (χ1n) is 7.31. The molecule has 2 rings (SSSR count). The number of carbonyl (C=O) groups is 1. The van der Waals surface area contributed by atoms with Crippen molar-refractivity contribution in [3.8, 4) is 11.5 Å². The maximum Gasteiger partial charge on any atom is 0.255 e. The zero-order valence-electron chi connectivity index (χ0n) is 12.6. The van der Waals surface area contributed by atoms with E-state index in [1.165, 1.54) is 19.2 Å². The number of methoxy groups -OCH3 is 1. The van der Waals surface area contributed by atoms with Crippen LogP contribution in [0.5, 0.6) is 11.5 Å². The average molecular weight is 293 g/mol. The fraction of sp³-hybridized carbons (Fsp3) is 0.562. The highest BCUT2D eigenvalue weighted by Crippen LogP contribution is 2.31. The third kappa shape index (κ3) is 3.88. The van der Waals surface area contributed by atoms with Gasteiger partial charge in [0.05, 0.1) is 18.3 Å². The molecule has 0 unspecified atom stereocenters. The predicted molar refractivity (Wildman–Crippen MR) is 79.6 cm³/mol. The molecule has 0 saturated heterocycles. The molecule has 5 nitrogen and oxygen atoms in total. The molecule has 1 aliphatic rings. The lowest BCUT2D eigenvalue weighted by Crippen LogP contribution is -2.45. The van der Waals surface area contributed by atoms with Crippen molar-refractivity contribution in [2.75, 3.05) is 13.7 Å². The number of amides is 1. The van der Waals surface area contributed by atoms with Crippen LogP contribution in [0.15, 0.2) is 18.2 Å². The second-order valence-electron chi connectivity index (χ2n) is 5.97. The van der Waals surface area contributed by atoms with Gasteiger partial charge in [-0.2, -0.15) is 0 Å². The van der Waals surface area contributed by atoms with E-state index >= 15 is 0 Å². The lowest BCUT2D eigenvalue weighted by Gasteiger charge is -2.34. The van der Waals surface area contributed by atoms with Crippen LogP contribution in [-0.2, 0) is 0 Å². The van der Waals surface area contributed by atoms with Crippen LogP contribution in [0.1, 0.15) is 43.0 Å². The summed E-state index contributed by atoms with van der Waals surface area (Å²) < 4.78 is 4.98. The SMILES string of the molecule is COc1ccc(C(=O)NCC2(O)CCC(C)CC2)c(O)c1. The Kier molecular flexibility index (Phi) is 4.73. The number of rotatable bonds is 4. The number of hydrogen-bond acceptors (Lipinski definition) is 4. The van der Waals surface area contributed by atoms with E-state index < -0.39 is 5.60 Å². The van der Waals surface area contributed by atoms with Gasteiger partial charge in [-0.1, -0.05) is 6.92 Å². The minimum atomic E-state index is -0.829. The first kappa shape index (κ1) is 15.6. The third-order valence-electron chi connectivity index (χ3n) is 4.23. The van der Waals surface area contributed by atoms with Crippen molar-refractivity contribution < 1.29 is 19.7 Å². The van der Waals surface area contributed by atoms with E-state index in [4.69, 9.17) is 4.74 Å². The number of aromatic hydroxyl groups is 1. The van der Waals surface area contributed by atoms with Crippen molar-refractivity contribution in [1.29, 1.82) is 0 Å². The Balaban J connectivity index is 1.95. The quantitative estimate of drug-likeness (QED) is 0.794. The number of ether oxygens (including phenoxy) is 1. The van der Waals surface area contributed by atoms with Crippen molar-refractivity contribution in [3.05, 3.63) is 23.8 Å². The standard InChI is InChI=1S/C16H23NO4/c1-11-5-7-16(20,8-6-11)10-17-15(19)13-4-3-12(21-2)9-14(13)18/h3-4,9,11,18,20H,5-8,10H2,1-2H3,(H,17,19). The minimum Gasteiger partial charge on any atom is -0.507 e. The van der Waals surface area contributed by atoms with Gasteiger partial charge in [0.1, 0.15) is 11.5 Å². The van der Waals surface area contributed by atoms with E-state index in [1.807, 2.05) is 0 Å². The van der Waals surface area contributed by atoms with Crippen molar-refractivity contribution in [3.63, 3.8) is 0 Å². The normalized spacial score (nSPS) is 25.4. The zero-order chi connectivity index (χ0) is 15.5. The van der Waals surface area contributed by atoms with Gasteiger partial charge in [0.15, 0.2) is 0 Å². The summed E-state index contributed by atoms with van der Waals surface area (Å²) in [5.41, 5.74) is -0.645. The lowest BCUT2D eigenvalue weighted by molar-refractivity contribution is -0.00542. The zero-order valence-corrected chi connectivity index (χ0v) is 12.6. The molecule has 0 bridgehead atoms. The second-order valence-corrected chi connectivity index (χ2v) is 5.97. The molecule has 0 aromatic heterocycles. The van der Waals surface area contributed by atoms with Crippen LogP contribution in [-0.4, -0.2) is 35.4 Å². The highest BCUT2D eigenvalue weighted by Gasteiger charge is 2.32. The number of benzene rings is 1. The van der Waals surface area contributed by atoms with Crippen LogP contribution < -0.4 is 10.1 Å². The van der Waals surface area contributed by atoms with E-state index in [0.717, 1.165) is 12.8 Å². The Labute approximate surface area is 124 Å². The van der Waals surface area contributed by atoms with Crippen molar-refractivity contribution >= 4 is 5.91 Å². The topological polar surface area (TPSA) is 78.8 Å². The Morgan fingerprint density at radius 2 is 2.10 bits per heavy atom. The van der Waals surface area contributed by atoms with Gasteiger partial charge in [0.2, 0.25) is 0 Å². The molecule has 1 aromatic rings. The van der Waals surface area contributed by atoms with Crippen LogP contribution in [0, 0.1) is 5.92 Å². The van der Waals surface area contributed by atoms with E-state index in [0.29, 0.717) is 24.5 Å². The molecule has 0 spiro atoms. The van der Waals surface area contributed by atoms with Crippen LogP contribution in [0.2, 0.25) is 0 Å². The number of phenolic OH excluding ortho intramolecular Hbond substituents is 1. The smallest absolute Gasteiger partial charge is 0.255 e. The Bertz CT molecular complexity index is 507. The highest BCUT2D eigenvalue weighted by molar-refractivity contribution is 5.97. The summed E-state index contributed by atoms with van der Waals surface area (Å²) in [4.78, 5) is 12.1. The lowest BCUT2D eigenvalue weighted by atomic mass is 9.79. The van der Waals surface area contributed by atoms with Gasteiger partial charge >= 0.3 is 0 Å². The molecule has 21 heavy (non-hydrogen) atoms. The summed E-state index contributed by atoms with van der Waals surface area (Å²) in [6, 6.07) is 4.52. The van der Waals surface area contributed by atoms with Gasteiger partial charge in [-0.15, -0.1) is 0 Å². The molecule has 5 heteroatoms. The molecule has 3 N–H and O–H groups in total. The van der Waals surface area contributed by atoms with Gasteiger partial charge in [-0.25, -0.2) is 0 Å². The molecule has 1 aliphatic carbocycles. The molecule has 0 atom stereocenters. The molecular formula is C16H23NO4. The van der Waals surface area contributed by atoms with E-state index in [1.54, 1.807) is 6.07 Å². The van der Waals surface area contributed by atoms with Gasteiger partial charge in [-0.05, 0) is 43.7 Å². The maximum absolute atomic E-state index is 12.1. The van der Waals surface area contributed by atoms with Crippen LogP contribution in [0.4, 0.5) is 0 Å². The molecule has 116 valence electrons. The van der Waals surface area contributed by atoms with Gasteiger partial charge in [-0.3, -0.25) is 4.79 Å². The first-order chi connectivity index (χ1) is 9.93. The number of carbonyl (C=O) groups excluding carboxylic acids is 1. The Morgan fingerprint density at radius 1 is 1.43 bits per heavy atom. The van der Waals surface area contributed by atoms with Gasteiger partial charge in [0, 0.05) is 12.6 Å². The molecule has 1 fully saturated rings. The number of nitrogens with one attached hydrogen (secondary N) is 1. The second kappa shape index (κ2) is 6.35. The Hall–Kier alpha value is -1.75. The molecule has 0 aliphatic heterocycles. The summed E-state index contributed by atoms with van der Waals surface area (Å²) in [6.07, 6.45) is 3.34. The van der Waals surface area contributed by atoms with E-state index in [9.17, 15) is 15.0 Å². The minimum absolute atomic E-state index is 0.129. The van der Waals surface area contributed by atoms with E-state index in [2.05, 4.69) is 12.2 Å². The van der Waals surface area contributed by atoms with Crippen LogP contribution in [0.25, 0.3) is 0 Å². The van der Waals surface area contributed by atoms with E-state index in [-0.39, 0.29) is 23.8 Å². The maximum atomic E-state index is 12.1. The fourth-order valence-corrected chi connectivity index (χ4v) is 2.65. The van der Waals surface area contributed by atoms with Crippen molar-refractivity contribution in [2.24, 2.45) is 5.92 Å². The summed E-state index contributed by atoms with van der Waals surface area (Å²) >= 11 is 0. The number of aliphatic hydroxyl groups is 1. The molecule has 1 amide bonds. The van der Waals surface area contributed by atoms with Crippen LogP contribution in [0.3, 0.4) is 0 Å². The summed E-state index contributed by atoms with van der Waals surface area (Å²) in [5, 5.41) is 23.0. The van der Waals surface area contributed by atoms with Crippen molar-refractivity contribution in [2.45, 2.75) is 38.2 Å². The molecule has 0 heterocycles. The van der Waals surface area contributed by atoms with Crippen molar-refractivity contribution in [1.82, 2.24) is 5.32 Å². The highest BCUT2D eigenvalue weighted by atomic mass is 16.5. The summed E-state index contributed by atoms with van der Waals surface area (Å²) in [6.45, 7) is 2.39. The number of phenols is 1. The van der Waals surface area contributed by atoms with Gasteiger partial charge < -0.3 is 20.3 Å². The van der Waals surface area contributed by atoms with Crippen LogP contribution >= 0.6 is 0 Å². The first-order valence-corrected chi connectivity index (χ1v) is 7.31. The summed E-state index contributed by atoms with van der Waals surface area (Å²) in [7, 11) is 1.49. The summed E-state index contributed by atoms with van der Waals surface area (Å²) in [5.74, 6) is 0.605. The predicted octanol–water partition coefficient (Wildman–Crippen LogP) is 2.07. The monoisotopic (exact) mass is 293 g/mol. The molecular weight excluding hydrogens is 270 g/mol. The molecule has 1 aromatic carbocycles.